The minimum atomic E-state index is -0.220. The molecule has 0 aliphatic carbocycles. The third-order valence-corrected chi connectivity index (χ3v) is 7.91. The van der Waals surface area contributed by atoms with Crippen molar-refractivity contribution in [3.8, 4) is 11.5 Å². The molecule has 39 heavy (non-hydrogen) atoms. The summed E-state index contributed by atoms with van der Waals surface area (Å²) in [4.78, 5) is 7.87. The van der Waals surface area contributed by atoms with Crippen molar-refractivity contribution in [3.05, 3.63) is 132 Å². The molecular weight excluding hydrogens is 523 g/mol. The van der Waals surface area contributed by atoms with Crippen molar-refractivity contribution in [1.82, 2.24) is 10.3 Å². The van der Waals surface area contributed by atoms with Gasteiger partial charge in [-0.15, -0.1) is 0 Å². The first kappa shape index (κ1) is 25.2. The van der Waals surface area contributed by atoms with Gasteiger partial charge in [-0.25, -0.2) is 0 Å². The normalized spacial score (nSPS) is 16.8. The number of anilines is 1. The Morgan fingerprint density at radius 2 is 1.64 bits per heavy atom. The molecule has 0 spiro atoms. The molecule has 1 aliphatic heterocycles. The Kier molecular flexibility index (Phi) is 7.09. The average Bonchev–Trinajstić information content (AvgIpc) is 3.56. The number of hydrogen-bond acceptors (Lipinski definition) is 5. The van der Waals surface area contributed by atoms with Crippen molar-refractivity contribution >= 4 is 34.8 Å². The van der Waals surface area contributed by atoms with Gasteiger partial charge in [-0.1, -0.05) is 53.7 Å². The molecule has 1 N–H and O–H groups in total. The predicted octanol–water partition coefficient (Wildman–Crippen LogP) is 8.41. The number of hydrogen-bond donors (Lipinski definition) is 1. The molecule has 3 heterocycles. The van der Waals surface area contributed by atoms with Crippen LogP contribution in [0.5, 0.6) is 11.5 Å². The Morgan fingerprint density at radius 3 is 2.38 bits per heavy atom. The number of ether oxygens (including phenoxy) is 1. The maximum Gasteiger partial charge on any atom is 0.174 e. The fraction of sp³-hybridized carbons (Fsp3) is 0.125. The van der Waals surface area contributed by atoms with Crippen molar-refractivity contribution < 1.29 is 9.15 Å². The Balaban J connectivity index is 1.31. The van der Waals surface area contributed by atoms with Gasteiger partial charge in [0.05, 0.1) is 11.7 Å². The molecule has 6 rings (SSSR count). The van der Waals surface area contributed by atoms with Gasteiger partial charge in [0.25, 0.3) is 0 Å². The summed E-state index contributed by atoms with van der Waals surface area (Å²) in [7, 11) is 0. The van der Waals surface area contributed by atoms with Gasteiger partial charge in [0.15, 0.2) is 10.2 Å². The first-order valence-electron chi connectivity index (χ1n) is 12.7. The van der Waals surface area contributed by atoms with E-state index in [4.69, 9.17) is 21.4 Å². The minimum Gasteiger partial charge on any atom is -0.457 e. The highest BCUT2D eigenvalue weighted by molar-refractivity contribution is 7.99. The van der Waals surface area contributed by atoms with Crippen LogP contribution in [-0.4, -0.2) is 10.1 Å². The first-order valence-corrected chi connectivity index (χ1v) is 14.0. The summed E-state index contributed by atoms with van der Waals surface area (Å²) in [5.41, 5.74) is 4.16. The van der Waals surface area contributed by atoms with Crippen molar-refractivity contribution in [2.24, 2.45) is 0 Å². The quantitative estimate of drug-likeness (QED) is 0.205. The number of pyridine rings is 1. The molecule has 0 radical (unpaired) electrons. The highest BCUT2D eigenvalue weighted by Crippen LogP contribution is 2.44. The summed E-state index contributed by atoms with van der Waals surface area (Å²) in [5, 5.41) is 4.94. The number of rotatable bonds is 7. The Hall–Kier alpha value is -4.07. The average molecular weight is 550 g/mol. The number of para-hydroxylation sites is 1. The SMILES string of the molecule is Cc1ccc(Sc2ccc([C@H]3[C@@H](c4ccccn4)NC(=S)N3c3ccc(Oc4ccccc4C)cc3)o2)cc1. The highest BCUT2D eigenvalue weighted by atomic mass is 32.2. The molecule has 5 aromatic rings. The van der Waals surface area contributed by atoms with Gasteiger partial charge in [0.1, 0.15) is 23.3 Å². The van der Waals surface area contributed by atoms with Crippen LogP contribution in [-0.2, 0) is 0 Å². The molecule has 1 fully saturated rings. The summed E-state index contributed by atoms with van der Waals surface area (Å²) in [6.45, 7) is 4.12. The van der Waals surface area contributed by atoms with Crippen LogP contribution in [0.3, 0.4) is 0 Å². The van der Waals surface area contributed by atoms with Gasteiger partial charge in [-0.3, -0.25) is 4.98 Å². The van der Waals surface area contributed by atoms with E-state index in [0.717, 1.165) is 44.2 Å². The van der Waals surface area contributed by atoms with Crippen LogP contribution in [0.25, 0.3) is 0 Å². The van der Waals surface area contributed by atoms with Crippen LogP contribution in [0.1, 0.15) is 34.7 Å². The van der Waals surface area contributed by atoms with Crippen molar-refractivity contribution in [2.45, 2.75) is 35.9 Å². The van der Waals surface area contributed by atoms with Crippen LogP contribution in [0.15, 0.2) is 124 Å². The van der Waals surface area contributed by atoms with E-state index in [1.54, 1.807) is 18.0 Å². The lowest BCUT2D eigenvalue weighted by molar-refractivity contribution is 0.383. The summed E-state index contributed by atoms with van der Waals surface area (Å²) in [6.07, 6.45) is 1.80. The van der Waals surface area contributed by atoms with E-state index in [1.165, 1.54) is 5.56 Å². The van der Waals surface area contributed by atoms with E-state index in [-0.39, 0.29) is 12.1 Å². The van der Waals surface area contributed by atoms with Gasteiger partial charge in [0.2, 0.25) is 0 Å². The monoisotopic (exact) mass is 549 g/mol. The van der Waals surface area contributed by atoms with Gasteiger partial charge in [0, 0.05) is 16.8 Å². The summed E-state index contributed by atoms with van der Waals surface area (Å²) in [5.74, 6) is 2.41. The predicted molar refractivity (Wildman–Crippen MR) is 160 cm³/mol. The Bertz CT molecular complexity index is 1580. The van der Waals surface area contributed by atoms with E-state index in [1.807, 2.05) is 85.8 Å². The summed E-state index contributed by atoms with van der Waals surface area (Å²) >= 11 is 7.47. The summed E-state index contributed by atoms with van der Waals surface area (Å²) < 4.78 is 12.6. The fourth-order valence-corrected chi connectivity index (χ4v) is 5.79. The topological polar surface area (TPSA) is 50.5 Å². The zero-order valence-electron chi connectivity index (χ0n) is 21.6. The molecule has 3 aromatic carbocycles. The van der Waals surface area contributed by atoms with E-state index < -0.39 is 0 Å². The van der Waals surface area contributed by atoms with E-state index in [0.29, 0.717) is 5.11 Å². The maximum absolute atomic E-state index is 6.44. The minimum absolute atomic E-state index is 0.176. The van der Waals surface area contributed by atoms with Crippen LogP contribution >= 0.6 is 24.0 Å². The molecule has 0 bridgehead atoms. The van der Waals surface area contributed by atoms with Crippen LogP contribution in [0, 0.1) is 13.8 Å². The lowest BCUT2D eigenvalue weighted by Gasteiger charge is -2.26. The zero-order chi connectivity index (χ0) is 26.8. The second kappa shape index (κ2) is 11.0. The molecule has 7 heteroatoms. The summed E-state index contributed by atoms with van der Waals surface area (Å²) in [6, 6.07) is 34.0. The van der Waals surface area contributed by atoms with Gasteiger partial charge < -0.3 is 19.4 Å². The molecule has 1 saturated heterocycles. The Morgan fingerprint density at radius 1 is 0.872 bits per heavy atom. The van der Waals surface area contributed by atoms with Crippen molar-refractivity contribution in [3.63, 3.8) is 0 Å². The molecule has 2 atom stereocenters. The third kappa shape index (κ3) is 5.41. The number of aromatic nitrogens is 1. The first-order chi connectivity index (χ1) is 19.0. The number of furan rings is 1. The van der Waals surface area contributed by atoms with Gasteiger partial charge in [-0.2, -0.15) is 0 Å². The zero-order valence-corrected chi connectivity index (χ0v) is 23.2. The third-order valence-electron chi connectivity index (χ3n) is 6.67. The number of benzene rings is 3. The van der Waals surface area contributed by atoms with Gasteiger partial charge in [-0.05, 0) is 98.4 Å². The lowest BCUT2D eigenvalue weighted by atomic mass is 10.0. The number of nitrogens with one attached hydrogen (secondary N) is 1. The fourth-order valence-electron chi connectivity index (χ4n) is 4.67. The molecule has 194 valence electrons. The van der Waals surface area contributed by atoms with E-state index in [2.05, 4.69) is 46.4 Å². The lowest BCUT2D eigenvalue weighted by Crippen LogP contribution is -2.29. The van der Waals surface area contributed by atoms with Crippen LogP contribution in [0.2, 0.25) is 0 Å². The van der Waals surface area contributed by atoms with Crippen LogP contribution < -0.4 is 15.0 Å². The van der Waals surface area contributed by atoms with Crippen LogP contribution in [0.4, 0.5) is 5.69 Å². The smallest absolute Gasteiger partial charge is 0.174 e. The Labute approximate surface area is 237 Å². The van der Waals surface area contributed by atoms with E-state index in [9.17, 15) is 0 Å². The van der Waals surface area contributed by atoms with E-state index >= 15 is 0 Å². The van der Waals surface area contributed by atoms with Crippen molar-refractivity contribution in [1.29, 1.82) is 0 Å². The standard InChI is InChI=1S/C32H27N3O2S2/c1-21-10-16-25(17-11-21)39-29-19-18-28(37-29)31-30(26-8-5-6-20-33-26)34-32(38)35(31)23-12-14-24(15-13-23)36-27-9-4-3-7-22(27)2/h3-20,30-31H,1-2H3,(H,34,38)/t30-,31+/m1/s1. The molecule has 0 saturated carbocycles. The number of aryl methyl sites for hydroxylation is 2. The number of thiocarbonyl (C=S) groups is 1. The largest absolute Gasteiger partial charge is 0.457 e. The second-order valence-electron chi connectivity index (χ2n) is 9.43. The molecular formula is C32H27N3O2S2. The molecule has 0 unspecified atom stereocenters. The molecule has 1 aliphatic rings. The molecule has 2 aromatic heterocycles. The van der Waals surface area contributed by atoms with Crippen molar-refractivity contribution in [2.75, 3.05) is 4.90 Å². The number of nitrogens with zero attached hydrogens (tertiary/aromatic N) is 2. The highest BCUT2D eigenvalue weighted by Gasteiger charge is 2.42. The van der Waals surface area contributed by atoms with Gasteiger partial charge >= 0.3 is 0 Å². The molecule has 5 nitrogen and oxygen atoms in total. The maximum atomic E-state index is 6.44. The second-order valence-corrected chi connectivity index (χ2v) is 10.9. The molecule has 0 amide bonds.